The van der Waals surface area contributed by atoms with Crippen LogP contribution in [0.25, 0.3) is 11.1 Å². The number of hydrogen-bond acceptors (Lipinski definition) is 6. The molecule has 2 aromatic carbocycles. The van der Waals surface area contributed by atoms with Crippen molar-refractivity contribution < 1.29 is 24.2 Å². The number of carboxylic acids is 1. The van der Waals surface area contributed by atoms with Gasteiger partial charge in [0.15, 0.2) is 5.69 Å². The molecule has 1 aromatic heterocycles. The molecule has 0 radical (unpaired) electrons. The normalized spacial score (nSPS) is 12.0. The van der Waals surface area contributed by atoms with Gasteiger partial charge < -0.3 is 20.1 Å². The summed E-state index contributed by atoms with van der Waals surface area (Å²) in [5, 5.41) is 19.4. The van der Waals surface area contributed by atoms with Gasteiger partial charge in [-0.3, -0.25) is 9.59 Å². The second-order valence-electron chi connectivity index (χ2n) is 8.24. The predicted octanol–water partition coefficient (Wildman–Crippen LogP) is 2.75. The fraction of sp³-hybridized carbons (Fsp3) is 0.320. The summed E-state index contributed by atoms with van der Waals surface area (Å²) in [6.45, 7) is 2.48. The third kappa shape index (κ3) is 5.48. The van der Waals surface area contributed by atoms with Crippen LogP contribution in [0.4, 0.5) is 4.79 Å². The largest absolute Gasteiger partial charge is 0.480 e. The molecule has 10 nitrogen and oxygen atoms in total. The Morgan fingerprint density at radius 3 is 2.37 bits per heavy atom. The second-order valence-corrected chi connectivity index (χ2v) is 8.24. The Bertz CT molecular complexity index is 1180. The van der Waals surface area contributed by atoms with Crippen LogP contribution in [-0.2, 0) is 16.1 Å². The monoisotopic (exact) mass is 477 g/mol. The topological polar surface area (TPSA) is 127 Å². The number of ether oxygens (including phenoxy) is 1. The summed E-state index contributed by atoms with van der Waals surface area (Å²) in [6.07, 6.45) is 1.52. The highest BCUT2D eigenvalue weighted by atomic mass is 16.5. The highest BCUT2D eigenvalue weighted by Gasteiger charge is 2.29. The molecule has 0 bridgehead atoms. The Morgan fingerprint density at radius 1 is 1.09 bits per heavy atom. The van der Waals surface area contributed by atoms with Gasteiger partial charge in [-0.2, -0.15) is 0 Å². The molecule has 0 atom stereocenters. The minimum absolute atomic E-state index is 0.0195. The van der Waals surface area contributed by atoms with Crippen molar-refractivity contribution >= 4 is 18.0 Å². The Kier molecular flexibility index (Phi) is 7.39. The van der Waals surface area contributed by atoms with Crippen molar-refractivity contribution in [3.63, 3.8) is 0 Å². The van der Waals surface area contributed by atoms with Crippen LogP contribution >= 0.6 is 0 Å². The summed E-state index contributed by atoms with van der Waals surface area (Å²) in [7, 11) is 0. The van der Waals surface area contributed by atoms with Crippen LogP contribution in [0, 0.1) is 0 Å². The van der Waals surface area contributed by atoms with E-state index in [4.69, 9.17) is 9.84 Å². The molecule has 0 fully saturated rings. The van der Waals surface area contributed by atoms with Gasteiger partial charge >= 0.3 is 12.1 Å². The third-order valence-corrected chi connectivity index (χ3v) is 5.82. The van der Waals surface area contributed by atoms with Gasteiger partial charge in [-0.05, 0) is 28.7 Å². The zero-order valence-electron chi connectivity index (χ0n) is 19.4. The van der Waals surface area contributed by atoms with Gasteiger partial charge in [0.1, 0.15) is 13.2 Å². The van der Waals surface area contributed by atoms with Crippen molar-refractivity contribution in [3.05, 3.63) is 71.5 Å². The van der Waals surface area contributed by atoms with Crippen molar-refractivity contribution in [3.8, 4) is 11.1 Å². The molecule has 2 amide bonds. The van der Waals surface area contributed by atoms with Crippen LogP contribution in [0.3, 0.4) is 0 Å². The van der Waals surface area contributed by atoms with E-state index in [0.717, 1.165) is 22.3 Å². The first-order valence-corrected chi connectivity index (χ1v) is 11.5. The van der Waals surface area contributed by atoms with Crippen molar-refractivity contribution in [1.29, 1.82) is 0 Å². The van der Waals surface area contributed by atoms with Crippen molar-refractivity contribution in [1.82, 2.24) is 25.2 Å². The highest BCUT2D eigenvalue weighted by molar-refractivity contribution is 5.93. The summed E-state index contributed by atoms with van der Waals surface area (Å²) < 4.78 is 6.92. The van der Waals surface area contributed by atoms with Crippen LogP contribution in [0.2, 0.25) is 0 Å². The number of carboxylic acid groups (broad SMARTS) is 1. The van der Waals surface area contributed by atoms with Gasteiger partial charge in [-0.1, -0.05) is 60.7 Å². The quantitative estimate of drug-likeness (QED) is 0.460. The predicted molar refractivity (Wildman–Crippen MR) is 127 cm³/mol. The van der Waals surface area contributed by atoms with Crippen LogP contribution in [-0.4, -0.2) is 69.2 Å². The number of alkyl carbamates (subject to hydrolysis) is 1. The molecule has 0 saturated carbocycles. The Hall–Kier alpha value is -4.21. The fourth-order valence-corrected chi connectivity index (χ4v) is 4.28. The lowest BCUT2D eigenvalue weighted by atomic mass is 9.98. The van der Waals surface area contributed by atoms with E-state index < -0.39 is 24.5 Å². The minimum Gasteiger partial charge on any atom is -0.480 e. The molecule has 3 aromatic rings. The van der Waals surface area contributed by atoms with Crippen LogP contribution < -0.4 is 5.32 Å². The average Bonchev–Trinajstić information content (AvgIpc) is 3.45. The molecule has 1 aliphatic rings. The smallest absolute Gasteiger partial charge is 0.407 e. The van der Waals surface area contributed by atoms with E-state index in [0.29, 0.717) is 13.0 Å². The summed E-state index contributed by atoms with van der Waals surface area (Å²) in [6, 6.07) is 16.2. The molecule has 10 heteroatoms. The van der Waals surface area contributed by atoms with E-state index in [9.17, 15) is 14.4 Å². The van der Waals surface area contributed by atoms with Gasteiger partial charge in [0.05, 0.1) is 12.7 Å². The highest BCUT2D eigenvalue weighted by Crippen LogP contribution is 2.44. The number of nitrogens with zero attached hydrogens (tertiary/aromatic N) is 4. The number of carbonyl (C=O) groups is 3. The zero-order valence-corrected chi connectivity index (χ0v) is 19.4. The molecular formula is C25H27N5O5. The fourth-order valence-electron chi connectivity index (χ4n) is 4.28. The molecule has 1 aliphatic carbocycles. The zero-order chi connectivity index (χ0) is 24.8. The lowest BCUT2D eigenvalue weighted by molar-refractivity contribution is -0.137. The SMILES string of the molecule is CCCN(CC(=O)O)C(=O)c1cn(CCNC(=O)OCC2c3ccccc3-c3ccccc32)nn1. The van der Waals surface area contributed by atoms with Crippen molar-refractivity contribution in [2.75, 3.05) is 26.2 Å². The molecule has 0 unspecified atom stereocenters. The number of rotatable bonds is 10. The number of carbonyl (C=O) groups excluding carboxylic acids is 2. The average molecular weight is 478 g/mol. The summed E-state index contributed by atoms with van der Waals surface area (Å²) in [4.78, 5) is 37.0. The van der Waals surface area contributed by atoms with E-state index in [-0.39, 0.29) is 31.3 Å². The maximum Gasteiger partial charge on any atom is 0.407 e. The molecule has 2 N–H and O–H groups in total. The molecule has 0 spiro atoms. The lowest BCUT2D eigenvalue weighted by Crippen LogP contribution is -2.36. The van der Waals surface area contributed by atoms with Gasteiger partial charge in [-0.15, -0.1) is 5.10 Å². The Labute approximate surface area is 202 Å². The van der Waals surface area contributed by atoms with Gasteiger partial charge in [0, 0.05) is 19.0 Å². The molecule has 35 heavy (non-hydrogen) atoms. The number of hydrogen-bond donors (Lipinski definition) is 2. The first kappa shape index (κ1) is 23.9. The molecule has 0 saturated heterocycles. The third-order valence-electron chi connectivity index (χ3n) is 5.82. The van der Waals surface area contributed by atoms with Crippen LogP contribution in [0.5, 0.6) is 0 Å². The lowest BCUT2D eigenvalue weighted by Gasteiger charge is -2.18. The number of nitrogens with one attached hydrogen (secondary N) is 1. The summed E-state index contributed by atoms with van der Waals surface area (Å²) >= 11 is 0. The number of fused-ring (bicyclic) bond motifs is 3. The number of aromatic nitrogens is 3. The van der Waals surface area contributed by atoms with E-state index in [1.54, 1.807) is 0 Å². The molecule has 0 aliphatic heterocycles. The van der Waals surface area contributed by atoms with E-state index in [2.05, 4.69) is 39.9 Å². The van der Waals surface area contributed by atoms with E-state index >= 15 is 0 Å². The molecule has 1 heterocycles. The van der Waals surface area contributed by atoms with Gasteiger partial charge in [0.2, 0.25) is 0 Å². The molecular weight excluding hydrogens is 450 g/mol. The Balaban J connectivity index is 1.27. The van der Waals surface area contributed by atoms with E-state index in [1.807, 2.05) is 31.2 Å². The maximum absolute atomic E-state index is 12.5. The van der Waals surface area contributed by atoms with Gasteiger partial charge in [0.25, 0.3) is 5.91 Å². The molecule has 182 valence electrons. The first-order valence-electron chi connectivity index (χ1n) is 11.5. The van der Waals surface area contributed by atoms with Crippen LogP contribution in [0.15, 0.2) is 54.7 Å². The van der Waals surface area contributed by atoms with Crippen LogP contribution in [0.1, 0.15) is 40.9 Å². The summed E-state index contributed by atoms with van der Waals surface area (Å²) in [5.74, 6) is -1.61. The van der Waals surface area contributed by atoms with Crippen molar-refractivity contribution in [2.45, 2.75) is 25.8 Å². The Morgan fingerprint density at radius 2 is 1.74 bits per heavy atom. The summed E-state index contributed by atoms with van der Waals surface area (Å²) in [5.41, 5.74) is 4.66. The second kappa shape index (κ2) is 10.8. The number of benzene rings is 2. The molecule has 4 rings (SSSR count). The maximum atomic E-state index is 12.5. The first-order chi connectivity index (χ1) is 17.0. The van der Waals surface area contributed by atoms with Crippen molar-refractivity contribution in [2.24, 2.45) is 0 Å². The van der Waals surface area contributed by atoms with E-state index in [1.165, 1.54) is 15.8 Å². The number of aliphatic carboxylic acids is 1. The minimum atomic E-state index is -1.09. The number of amides is 2. The standard InChI is InChI=1S/C25H27N5O5/c1-2-12-29(15-23(31)32)24(33)22-14-30(28-27-22)13-11-26-25(34)35-16-21-19-9-5-3-7-17(19)18-8-4-6-10-20(18)21/h3-10,14,21H,2,11-13,15-16H2,1H3,(H,26,34)(H,31,32). The van der Waals surface area contributed by atoms with Gasteiger partial charge in [-0.25, -0.2) is 9.48 Å².